The van der Waals surface area contributed by atoms with Gasteiger partial charge < -0.3 is 19.3 Å². The number of methoxy groups -OCH3 is 1. The van der Waals surface area contributed by atoms with Crippen molar-refractivity contribution in [3.05, 3.63) is 51.5 Å². The standard InChI is InChI=1S/C21H27NO4S/c1-14(9-17-12-27-15(2)22-17)19(10-20-21(3,13-23)26-20)25-11-16-5-7-18(24-4)8-6-16/h5-9,12,19-20,23H,10-11,13H2,1-4H3/t19-,20?,21?/m0/s1. The van der Waals surface area contributed by atoms with Crippen LogP contribution in [0.25, 0.3) is 6.08 Å². The summed E-state index contributed by atoms with van der Waals surface area (Å²) in [6.07, 6.45) is 2.68. The van der Waals surface area contributed by atoms with Crippen LogP contribution in [0.1, 0.15) is 36.5 Å². The van der Waals surface area contributed by atoms with Crippen molar-refractivity contribution in [2.75, 3.05) is 13.7 Å². The van der Waals surface area contributed by atoms with Crippen molar-refractivity contribution in [3.63, 3.8) is 0 Å². The fraction of sp³-hybridized carbons (Fsp3) is 0.476. The molecule has 0 amide bonds. The van der Waals surface area contributed by atoms with Gasteiger partial charge in [-0.2, -0.15) is 0 Å². The van der Waals surface area contributed by atoms with Crippen LogP contribution in [0.15, 0.2) is 35.2 Å². The van der Waals surface area contributed by atoms with Gasteiger partial charge in [0.1, 0.15) is 11.4 Å². The van der Waals surface area contributed by atoms with Crippen LogP contribution in [0, 0.1) is 6.92 Å². The van der Waals surface area contributed by atoms with E-state index in [4.69, 9.17) is 14.2 Å². The van der Waals surface area contributed by atoms with Crippen LogP contribution in [0.4, 0.5) is 0 Å². The summed E-state index contributed by atoms with van der Waals surface area (Å²) in [5.41, 5.74) is 2.69. The molecule has 0 radical (unpaired) electrons. The lowest BCUT2D eigenvalue weighted by molar-refractivity contribution is 0.0544. The van der Waals surface area contributed by atoms with Crippen molar-refractivity contribution in [2.24, 2.45) is 0 Å². The lowest BCUT2D eigenvalue weighted by atomic mass is 9.99. The van der Waals surface area contributed by atoms with Crippen molar-refractivity contribution in [1.29, 1.82) is 0 Å². The predicted molar refractivity (Wildman–Crippen MR) is 107 cm³/mol. The summed E-state index contributed by atoms with van der Waals surface area (Å²) in [6.45, 7) is 6.52. The molecule has 1 aromatic heterocycles. The van der Waals surface area contributed by atoms with Crippen LogP contribution in [-0.4, -0.2) is 41.6 Å². The number of aliphatic hydroxyl groups excluding tert-OH is 1. The first kappa shape index (κ1) is 20.0. The van der Waals surface area contributed by atoms with Crippen LogP contribution < -0.4 is 4.74 Å². The number of aliphatic hydroxyl groups is 1. The summed E-state index contributed by atoms with van der Waals surface area (Å²) in [5, 5.41) is 12.6. The molecule has 2 unspecified atom stereocenters. The van der Waals surface area contributed by atoms with Gasteiger partial charge in [-0.15, -0.1) is 11.3 Å². The van der Waals surface area contributed by atoms with E-state index in [0.29, 0.717) is 13.0 Å². The van der Waals surface area contributed by atoms with E-state index in [1.165, 1.54) is 0 Å². The summed E-state index contributed by atoms with van der Waals surface area (Å²) in [5.74, 6) is 0.829. The van der Waals surface area contributed by atoms with E-state index in [9.17, 15) is 5.11 Å². The topological polar surface area (TPSA) is 64.1 Å². The Balaban J connectivity index is 1.69. The molecular weight excluding hydrogens is 362 g/mol. The Morgan fingerprint density at radius 1 is 1.41 bits per heavy atom. The molecule has 2 aromatic rings. The lowest BCUT2D eigenvalue weighted by Crippen LogP contribution is -2.22. The third-order valence-electron chi connectivity index (χ3n) is 4.91. The average molecular weight is 390 g/mol. The Morgan fingerprint density at radius 2 is 2.15 bits per heavy atom. The Morgan fingerprint density at radius 3 is 2.70 bits per heavy atom. The first-order valence-electron chi connectivity index (χ1n) is 9.07. The summed E-state index contributed by atoms with van der Waals surface area (Å²) < 4.78 is 17.1. The maximum atomic E-state index is 9.48. The van der Waals surface area contributed by atoms with Gasteiger partial charge in [-0.1, -0.05) is 12.1 Å². The van der Waals surface area contributed by atoms with Crippen LogP contribution in [0.2, 0.25) is 0 Å². The van der Waals surface area contributed by atoms with Crippen LogP contribution in [-0.2, 0) is 16.1 Å². The fourth-order valence-corrected chi connectivity index (χ4v) is 3.57. The molecule has 1 saturated heterocycles. The van der Waals surface area contributed by atoms with Gasteiger partial charge in [0.15, 0.2) is 0 Å². The first-order valence-corrected chi connectivity index (χ1v) is 9.95. The van der Waals surface area contributed by atoms with Gasteiger partial charge in [0.05, 0.1) is 43.2 Å². The normalized spacial score (nSPS) is 23.3. The van der Waals surface area contributed by atoms with Gasteiger partial charge in [-0.05, 0) is 50.1 Å². The maximum absolute atomic E-state index is 9.48. The second kappa shape index (κ2) is 8.52. The van der Waals surface area contributed by atoms with E-state index >= 15 is 0 Å². The molecule has 0 aliphatic carbocycles. The highest BCUT2D eigenvalue weighted by atomic mass is 32.1. The number of aryl methyl sites for hydroxylation is 1. The lowest BCUT2D eigenvalue weighted by Gasteiger charge is -2.19. The Kier molecular flexibility index (Phi) is 6.32. The third-order valence-corrected chi connectivity index (χ3v) is 5.70. The molecule has 1 N–H and O–H groups in total. The molecule has 1 aromatic carbocycles. The largest absolute Gasteiger partial charge is 0.497 e. The minimum Gasteiger partial charge on any atom is -0.497 e. The van der Waals surface area contributed by atoms with E-state index in [1.54, 1.807) is 18.4 Å². The fourth-order valence-electron chi connectivity index (χ4n) is 3.00. The number of hydrogen-bond donors (Lipinski definition) is 1. The number of nitrogens with zero attached hydrogens (tertiary/aromatic N) is 1. The zero-order chi connectivity index (χ0) is 19.4. The van der Waals surface area contributed by atoms with Crippen molar-refractivity contribution in [3.8, 4) is 5.75 Å². The third kappa shape index (κ3) is 5.17. The quantitative estimate of drug-likeness (QED) is 0.657. The number of epoxide rings is 1. The molecule has 6 heteroatoms. The van der Waals surface area contributed by atoms with E-state index in [-0.39, 0.29) is 18.8 Å². The maximum Gasteiger partial charge on any atom is 0.118 e. The summed E-state index contributed by atoms with van der Waals surface area (Å²) in [7, 11) is 1.66. The number of hydrogen-bond acceptors (Lipinski definition) is 6. The predicted octanol–water partition coefficient (Wildman–Crippen LogP) is 3.99. The molecule has 2 heterocycles. The molecular formula is C21H27NO4S. The smallest absolute Gasteiger partial charge is 0.118 e. The number of ether oxygens (including phenoxy) is 3. The monoisotopic (exact) mass is 389 g/mol. The molecule has 27 heavy (non-hydrogen) atoms. The SMILES string of the molecule is COc1ccc(CO[C@@H](CC2OC2(C)CO)C(C)=Cc2csc(C)n2)cc1. The highest BCUT2D eigenvalue weighted by Gasteiger charge is 2.52. The van der Waals surface area contributed by atoms with E-state index in [0.717, 1.165) is 27.6 Å². The molecule has 146 valence electrons. The second-order valence-corrected chi connectivity index (χ2v) is 8.20. The van der Waals surface area contributed by atoms with Gasteiger partial charge in [0, 0.05) is 11.8 Å². The molecule has 0 bridgehead atoms. The average Bonchev–Trinajstić information content (AvgIpc) is 3.14. The van der Waals surface area contributed by atoms with E-state index in [1.807, 2.05) is 43.5 Å². The Bertz CT molecular complexity index is 786. The minimum atomic E-state index is -0.445. The molecule has 0 saturated carbocycles. The van der Waals surface area contributed by atoms with Gasteiger partial charge in [-0.25, -0.2) is 4.98 Å². The first-order chi connectivity index (χ1) is 12.9. The number of rotatable bonds is 9. The molecule has 3 atom stereocenters. The number of thiazole rings is 1. The molecule has 5 nitrogen and oxygen atoms in total. The Hall–Kier alpha value is -1.73. The van der Waals surface area contributed by atoms with Crippen molar-refractivity contribution < 1.29 is 19.3 Å². The molecule has 1 aliphatic rings. The summed E-state index contributed by atoms with van der Waals surface area (Å²) in [6, 6.07) is 7.87. The van der Waals surface area contributed by atoms with Crippen molar-refractivity contribution in [2.45, 2.75) is 51.6 Å². The second-order valence-electron chi connectivity index (χ2n) is 7.14. The zero-order valence-electron chi connectivity index (χ0n) is 16.3. The highest BCUT2D eigenvalue weighted by molar-refractivity contribution is 7.09. The van der Waals surface area contributed by atoms with E-state index in [2.05, 4.69) is 18.0 Å². The van der Waals surface area contributed by atoms with Crippen molar-refractivity contribution >= 4 is 17.4 Å². The van der Waals surface area contributed by atoms with Gasteiger partial charge in [0.2, 0.25) is 0 Å². The van der Waals surface area contributed by atoms with Gasteiger partial charge in [0.25, 0.3) is 0 Å². The summed E-state index contributed by atoms with van der Waals surface area (Å²) in [4.78, 5) is 4.51. The van der Waals surface area contributed by atoms with Gasteiger partial charge >= 0.3 is 0 Å². The van der Waals surface area contributed by atoms with Crippen LogP contribution in [0.5, 0.6) is 5.75 Å². The molecule has 1 fully saturated rings. The van der Waals surface area contributed by atoms with Gasteiger partial charge in [-0.3, -0.25) is 0 Å². The van der Waals surface area contributed by atoms with Crippen LogP contribution in [0.3, 0.4) is 0 Å². The highest BCUT2D eigenvalue weighted by Crippen LogP contribution is 2.40. The summed E-state index contributed by atoms with van der Waals surface area (Å²) >= 11 is 1.64. The van der Waals surface area contributed by atoms with Crippen molar-refractivity contribution in [1.82, 2.24) is 4.98 Å². The van der Waals surface area contributed by atoms with E-state index < -0.39 is 5.60 Å². The zero-order valence-corrected chi connectivity index (χ0v) is 17.1. The van der Waals surface area contributed by atoms with Crippen LogP contribution >= 0.6 is 11.3 Å². The molecule has 3 rings (SSSR count). The number of aromatic nitrogens is 1. The minimum absolute atomic E-state index is 0.00360. The number of benzene rings is 1. The molecule has 1 aliphatic heterocycles. The Labute approximate surface area is 164 Å². The molecule has 0 spiro atoms.